The lowest BCUT2D eigenvalue weighted by Gasteiger charge is -2.08. The molecule has 26 heavy (non-hydrogen) atoms. The molecule has 1 amide bonds. The van der Waals surface area contributed by atoms with E-state index in [4.69, 9.17) is 4.18 Å². The summed E-state index contributed by atoms with van der Waals surface area (Å²) in [6, 6.07) is 12.5. The van der Waals surface area contributed by atoms with Crippen molar-refractivity contribution in [2.45, 2.75) is 18.7 Å². The number of amides is 1. The Kier molecular flexibility index (Phi) is 5.06. The van der Waals surface area contributed by atoms with Crippen LogP contribution in [0.1, 0.15) is 12.6 Å². The van der Waals surface area contributed by atoms with Crippen molar-refractivity contribution in [3.8, 4) is 16.3 Å². The zero-order chi connectivity index (χ0) is 18.7. The molecule has 0 saturated heterocycles. The lowest BCUT2D eigenvalue weighted by atomic mass is 10.2. The molecule has 1 aromatic heterocycles. The van der Waals surface area contributed by atoms with Gasteiger partial charge in [-0.15, -0.1) is 11.3 Å². The maximum Gasteiger partial charge on any atom is 0.339 e. The molecule has 6 nitrogen and oxygen atoms in total. The molecule has 0 atom stereocenters. The highest BCUT2D eigenvalue weighted by molar-refractivity contribution is 7.87. The van der Waals surface area contributed by atoms with Crippen LogP contribution in [-0.4, -0.2) is 19.3 Å². The monoisotopic (exact) mass is 388 g/mol. The number of hydrogen-bond donors (Lipinski definition) is 1. The van der Waals surface area contributed by atoms with E-state index < -0.39 is 10.1 Å². The number of rotatable bonds is 5. The zero-order valence-electron chi connectivity index (χ0n) is 14.1. The van der Waals surface area contributed by atoms with Crippen LogP contribution in [0.4, 0.5) is 5.69 Å². The van der Waals surface area contributed by atoms with Gasteiger partial charge in [0.05, 0.1) is 0 Å². The molecule has 0 fully saturated rings. The van der Waals surface area contributed by atoms with Crippen LogP contribution in [-0.2, 0) is 14.9 Å². The minimum absolute atomic E-state index is 0.00577. The van der Waals surface area contributed by atoms with E-state index in [0.29, 0.717) is 5.69 Å². The number of nitrogens with zero attached hydrogens (tertiary/aromatic N) is 1. The van der Waals surface area contributed by atoms with Crippen LogP contribution in [0.3, 0.4) is 0 Å². The molecule has 0 bridgehead atoms. The van der Waals surface area contributed by atoms with Gasteiger partial charge in [-0.3, -0.25) is 4.79 Å². The van der Waals surface area contributed by atoms with E-state index in [9.17, 15) is 13.2 Å². The summed E-state index contributed by atoms with van der Waals surface area (Å²) in [6.45, 7) is 3.30. The second kappa shape index (κ2) is 7.27. The van der Waals surface area contributed by atoms with Crippen LogP contribution in [0.5, 0.6) is 5.75 Å². The number of nitrogens with one attached hydrogen (secondary N) is 1. The summed E-state index contributed by atoms with van der Waals surface area (Å²) in [6.07, 6.45) is 0. The molecule has 134 valence electrons. The van der Waals surface area contributed by atoms with Crippen molar-refractivity contribution in [3.63, 3.8) is 0 Å². The Morgan fingerprint density at radius 2 is 1.73 bits per heavy atom. The second-order valence-corrected chi connectivity index (χ2v) is 7.97. The van der Waals surface area contributed by atoms with Gasteiger partial charge in [-0.2, -0.15) is 8.42 Å². The van der Waals surface area contributed by atoms with Crippen molar-refractivity contribution < 1.29 is 17.4 Å². The first-order valence-electron chi connectivity index (χ1n) is 7.68. The molecule has 0 radical (unpaired) electrons. The summed E-state index contributed by atoms with van der Waals surface area (Å²) in [5, 5.41) is 5.40. The Labute approximate surface area is 155 Å². The van der Waals surface area contributed by atoms with E-state index in [2.05, 4.69) is 10.3 Å². The number of hydrogen-bond acceptors (Lipinski definition) is 6. The summed E-state index contributed by atoms with van der Waals surface area (Å²) >= 11 is 1.52. The standard InChI is InChI=1S/C18H16N2O4S2/c1-12-11-25-18(19-12)14-3-7-16(8-4-14)24-26(22,23)17-9-5-15(6-10-17)20-13(2)21/h3-11H,1-2H3,(H,20,21). The van der Waals surface area contributed by atoms with Gasteiger partial charge in [0.15, 0.2) is 0 Å². The van der Waals surface area contributed by atoms with E-state index >= 15 is 0 Å². The van der Waals surface area contributed by atoms with E-state index in [1.807, 2.05) is 12.3 Å². The Morgan fingerprint density at radius 1 is 1.08 bits per heavy atom. The van der Waals surface area contributed by atoms with Crippen molar-refractivity contribution in [2.24, 2.45) is 0 Å². The topological polar surface area (TPSA) is 85.4 Å². The number of aryl methyl sites for hydroxylation is 1. The highest BCUT2D eigenvalue weighted by Gasteiger charge is 2.17. The fraction of sp³-hybridized carbons (Fsp3) is 0.111. The third-order valence-electron chi connectivity index (χ3n) is 3.39. The first-order valence-corrected chi connectivity index (χ1v) is 9.97. The second-order valence-electron chi connectivity index (χ2n) is 5.56. The number of carbonyl (C=O) groups excluding carboxylic acids is 1. The fourth-order valence-electron chi connectivity index (χ4n) is 2.22. The van der Waals surface area contributed by atoms with Crippen molar-refractivity contribution in [3.05, 3.63) is 59.6 Å². The van der Waals surface area contributed by atoms with Crippen LogP contribution < -0.4 is 9.50 Å². The third kappa shape index (κ3) is 4.27. The predicted molar refractivity (Wildman–Crippen MR) is 101 cm³/mol. The number of anilines is 1. The number of carbonyl (C=O) groups is 1. The predicted octanol–water partition coefficient (Wildman–Crippen LogP) is 3.84. The molecular formula is C18H16N2O4S2. The van der Waals surface area contributed by atoms with Gasteiger partial charge in [0, 0.05) is 29.2 Å². The lowest BCUT2D eigenvalue weighted by Crippen LogP contribution is -2.10. The molecule has 0 saturated carbocycles. The summed E-state index contributed by atoms with van der Waals surface area (Å²) in [5.41, 5.74) is 2.35. The molecule has 0 unspecified atom stereocenters. The van der Waals surface area contributed by atoms with Crippen molar-refractivity contribution in [1.82, 2.24) is 4.98 Å². The highest BCUT2D eigenvalue weighted by atomic mass is 32.2. The van der Waals surface area contributed by atoms with Crippen LogP contribution >= 0.6 is 11.3 Å². The molecule has 3 aromatic rings. The Hall–Kier alpha value is -2.71. The van der Waals surface area contributed by atoms with Gasteiger partial charge >= 0.3 is 10.1 Å². The number of thiazole rings is 1. The van der Waals surface area contributed by atoms with Crippen molar-refractivity contribution in [1.29, 1.82) is 0 Å². The molecule has 1 heterocycles. The molecule has 3 rings (SSSR count). The molecule has 0 aliphatic heterocycles. The first-order chi connectivity index (χ1) is 12.3. The average Bonchev–Trinajstić information content (AvgIpc) is 3.01. The van der Waals surface area contributed by atoms with Gasteiger partial charge in [-0.05, 0) is 55.5 Å². The Morgan fingerprint density at radius 3 is 2.27 bits per heavy atom. The Bertz CT molecular complexity index is 1020. The van der Waals surface area contributed by atoms with Gasteiger partial charge in [-0.25, -0.2) is 4.98 Å². The van der Waals surface area contributed by atoms with Crippen LogP contribution in [0.2, 0.25) is 0 Å². The zero-order valence-corrected chi connectivity index (χ0v) is 15.7. The number of aromatic nitrogens is 1. The third-order valence-corrected chi connectivity index (χ3v) is 5.66. The summed E-state index contributed by atoms with van der Waals surface area (Å²) in [5.74, 6) is -0.0136. The molecule has 1 N–H and O–H groups in total. The van der Waals surface area contributed by atoms with E-state index in [-0.39, 0.29) is 16.6 Å². The van der Waals surface area contributed by atoms with Gasteiger partial charge in [0.25, 0.3) is 0 Å². The normalized spacial score (nSPS) is 11.2. The van der Waals surface area contributed by atoms with E-state index in [1.165, 1.54) is 42.5 Å². The molecular weight excluding hydrogens is 372 g/mol. The quantitative estimate of drug-likeness (QED) is 0.671. The molecule has 0 aliphatic rings. The number of benzene rings is 2. The van der Waals surface area contributed by atoms with Crippen LogP contribution in [0, 0.1) is 6.92 Å². The minimum Gasteiger partial charge on any atom is -0.379 e. The lowest BCUT2D eigenvalue weighted by molar-refractivity contribution is -0.114. The van der Waals surface area contributed by atoms with Gasteiger partial charge in [0.2, 0.25) is 5.91 Å². The molecule has 2 aromatic carbocycles. The van der Waals surface area contributed by atoms with Crippen molar-refractivity contribution in [2.75, 3.05) is 5.32 Å². The van der Waals surface area contributed by atoms with Gasteiger partial charge < -0.3 is 9.50 Å². The minimum atomic E-state index is -3.96. The average molecular weight is 388 g/mol. The first kappa shape index (κ1) is 18.1. The van der Waals surface area contributed by atoms with Gasteiger partial charge in [-0.1, -0.05) is 0 Å². The molecule has 0 spiro atoms. The van der Waals surface area contributed by atoms with Crippen molar-refractivity contribution >= 4 is 33.0 Å². The summed E-state index contributed by atoms with van der Waals surface area (Å²) < 4.78 is 29.9. The SMILES string of the molecule is CC(=O)Nc1ccc(S(=O)(=O)Oc2ccc(-c3nc(C)cs3)cc2)cc1. The highest BCUT2D eigenvalue weighted by Crippen LogP contribution is 2.27. The van der Waals surface area contributed by atoms with Crippen LogP contribution in [0.15, 0.2) is 58.8 Å². The largest absolute Gasteiger partial charge is 0.379 e. The molecule has 0 aliphatic carbocycles. The van der Waals surface area contributed by atoms with Crippen LogP contribution in [0.25, 0.3) is 10.6 Å². The Balaban J connectivity index is 1.75. The molecule has 8 heteroatoms. The van der Waals surface area contributed by atoms with E-state index in [0.717, 1.165) is 16.3 Å². The smallest absolute Gasteiger partial charge is 0.339 e. The summed E-state index contributed by atoms with van der Waals surface area (Å²) in [4.78, 5) is 15.4. The maximum atomic E-state index is 12.4. The fourth-order valence-corrected chi connectivity index (χ4v) is 3.96. The van der Waals surface area contributed by atoms with Gasteiger partial charge in [0.1, 0.15) is 15.7 Å². The van der Waals surface area contributed by atoms with E-state index in [1.54, 1.807) is 24.3 Å². The maximum absolute atomic E-state index is 12.4. The summed E-state index contributed by atoms with van der Waals surface area (Å²) in [7, 11) is -3.96.